The second-order valence-corrected chi connectivity index (χ2v) is 5.50. The molecule has 2 N–H and O–H groups in total. The normalized spacial score (nSPS) is 21.9. The van der Waals surface area contributed by atoms with Gasteiger partial charge in [0.2, 0.25) is 0 Å². The van der Waals surface area contributed by atoms with Gasteiger partial charge in [-0.2, -0.15) is 0 Å². The third-order valence-corrected chi connectivity index (χ3v) is 3.59. The molecule has 2 atom stereocenters. The lowest BCUT2D eigenvalue weighted by Crippen LogP contribution is -2.45. The molecule has 2 unspecified atom stereocenters. The van der Waals surface area contributed by atoms with E-state index in [0.29, 0.717) is 25.9 Å². The number of aliphatic hydroxyl groups excluding tert-OH is 2. The summed E-state index contributed by atoms with van der Waals surface area (Å²) < 4.78 is 16.4. The molecule has 7 heteroatoms. The van der Waals surface area contributed by atoms with Crippen molar-refractivity contribution < 1.29 is 24.4 Å². The Hall–Kier alpha value is -0.280. The molecule has 0 aromatic rings. The fourth-order valence-electron chi connectivity index (χ4n) is 1.96. The van der Waals surface area contributed by atoms with E-state index >= 15 is 0 Å². The summed E-state index contributed by atoms with van der Waals surface area (Å²) in [6, 6.07) is 0.354. The molecule has 0 bridgehead atoms. The molecule has 7 nitrogen and oxygen atoms in total. The Kier molecular flexibility index (Phi) is 10.1. The fourth-order valence-corrected chi connectivity index (χ4v) is 1.96. The summed E-state index contributed by atoms with van der Waals surface area (Å²) in [5.41, 5.74) is 0. The minimum absolute atomic E-state index is 0.175. The summed E-state index contributed by atoms with van der Waals surface area (Å²) in [6.07, 6.45) is -0.784. The third kappa shape index (κ3) is 8.67. The molecule has 0 saturated carbocycles. The lowest BCUT2D eigenvalue weighted by atomic mass is 10.2. The maximum Gasteiger partial charge on any atom is 0.100 e. The fraction of sp³-hybridized carbons (Fsp3) is 1.00. The molecule has 0 aromatic heterocycles. The van der Waals surface area contributed by atoms with Crippen LogP contribution in [-0.4, -0.2) is 112 Å². The van der Waals surface area contributed by atoms with Gasteiger partial charge in [-0.3, -0.25) is 4.90 Å². The van der Waals surface area contributed by atoms with Gasteiger partial charge in [0.1, 0.15) is 6.10 Å². The van der Waals surface area contributed by atoms with Crippen LogP contribution in [0.2, 0.25) is 0 Å². The SMILES string of the molecule is CN(CCOCC(O)CO)CCOCC1COCCN1C. The highest BCUT2D eigenvalue weighted by atomic mass is 16.5. The van der Waals surface area contributed by atoms with Crippen LogP contribution in [0, 0.1) is 0 Å². The quantitative estimate of drug-likeness (QED) is 0.457. The van der Waals surface area contributed by atoms with Gasteiger partial charge in [0, 0.05) is 19.6 Å². The second kappa shape index (κ2) is 11.3. The number of nitrogens with zero attached hydrogens (tertiary/aromatic N) is 2. The summed E-state index contributed by atoms with van der Waals surface area (Å²) in [5.74, 6) is 0. The zero-order valence-electron chi connectivity index (χ0n) is 13.2. The van der Waals surface area contributed by atoms with Crippen molar-refractivity contribution in [3.05, 3.63) is 0 Å². The molecular weight excluding hydrogens is 276 g/mol. The molecule has 0 spiro atoms. The van der Waals surface area contributed by atoms with Crippen LogP contribution < -0.4 is 0 Å². The summed E-state index contributed by atoms with van der Waals surface area (Å²) in [5, 5.41) is 17.8. The molecule has 0 aromatic carbocycles. The second-order valence-electron chi connectivity index (χ2n) is 5.50. The molecule has 0 aliphatic carbocycles. The highest BCUT2D eigenvalue weighted by Gasteiger charge is 2.19. The van der Waals surface area contributed by atoms with E-state index in [1.165, 1.54) is 0 Å². The zero-order valence-corrected chi connectivity index (χ0v) is 13.2. The molecule has 1 saturated heterocycles. The summed E-state index contributed by atoms with van der Waals surface area (Å²) >= 11 is 0. The van der Waals surface area contributed by atoms with E-state index in [1.807, 2.05) is 7.05 Å². The molecule has 1 aliphatic rings. The van der Waals surface area contributed by atoms with Crippen LogP contribution in [0.3, 0.4) is 0 Å². The van der Waals surface area contributed by atoms with E-state index in [9.17, 15) is 0 Å². The van der Waals surface area contributed by atoms with Crippen LogP contribution in [0.4, 0.5) is 0 Å². The van der Waals surface area contributed by atoms with Crippen LogP contribution in [0.25, 0.3) is 0 Å². The van der Waals surface area contributed by atoms with Crippen molar-refractivity contribution >= 4 is 0 Å². The lowest BCUT2D eigenvalue weighted by Gasteiger charge is -2.32. The Balaban J connectivity index is 1.94. The van der Waals surface area contributed by atoms with Crippen LogP contribution in [0.1, 0.15) is 0 Å². The standard InChI is InChI=1S/C14H30N2O5/c1-15(4-7-21-12-14(18)9-17)3-6-19-10-13-11-20-8-5-16(13)2/h13-14,17-18H,3-12H2,1-2H3. The van der Waals surface area contributed by atoms with E-state index in [0.717, 1.165) is 32.8 Å². The van der Waals surface area contributed by atoms with Crippen molar-refractivity contribution in [1.82, 2.24) is 9.80 Å². The topological polar surface area (TPSA) is 74.6 Å². The van der Waals surface area contributed by atoms with Gasteiger partial charge in [-0.1, -0.05) is 0 Å². The van der Waals surface area contributed by atoms with Crippen molar-refractivity contribution in [3.63, 3.8) is 0 Å². The molecule has 0 amide bonds. The minimum atomic E-state index is -0.784. The Morgan fingerprint density at radius 1 is 1.33 bits per heavy atom. The lowest BCUT2D eigenvalue weighted by molar-refractivity contribution is -0.0348. The van der Waals surface area contributed by atoms with Gasteiger partial charge in [-0.25, -0.2) is 0 Å². The van der Waals surface area contributed by atoms with E-state index < -0.39 is 6.10 Å². The number of morpholine rings is 1. The first-order chi connectivity index (χ1) is 10.1. The summed E-state index contributed by atoms with van der Waals surface area (Å²) in [6.45, 7) is 5.95. The molecule has 1 fully saturated rings. The van der Waals surface area contributed by atoms with Crippen molar-refractivity contribution in [2.24, 2.45) is 0 Å². The Morgan fingerprint density at radius 3 is 2.71 bits per heavy atom. The van der Waals surface area contributed by atoms with Crippen LogP contribution in [0.15, 0.2) is 0 Å². The zero-order chi connectivity index (χ0) is 15.5. The third-order valence-electron chi connectivity index (χ3n) is 3.59. The predicted molar refractivity (Wildman–Crippen MR) is 79.5 cm³/mol. The van der Waals surface area contributed by atoms with Gasteiger partial charge in [0.05, 0.1) is 52.3 Å². The van der Waals surface area contributed by atoms with E-state index in [4.69, 9.17) is 24.4 Å². The average molecular weight is 306 g/mol. The monoisotopic (exact) mass is 306 g/mol. The molecule has 21 heavy (non-hydrogen) atoms. The number of hydrogen-bond donors (Lipinski definition) is 2. The largest absolute Gasteiger partial charge is 0.394 e. The van der Waals surface area contributed by atoms with Gasteiger partial charge in [-0.15, -0.1) is 0 Å². The maximum atomic E-state index is 9.12. The van der Waals surface area contributed by atoms with Gasteiger partial charge < -0.3 is 29.3 Å². The van der Waals surface area contributed by atoms with Crippen LogP contribution in [-0.2, 0) is 14.2 Å². The average Bonchev–Trinajstić information content (AvgIpc) is 2.49. The van der Waals surface area contributed by atoms with Gasteiger partial charge in [0.15, 0.2) is 0 Å². The molecule has 1 rings (SSSR count). The smallest absolute Gasteiger partial charge is 0.100 e. The number of likely N-dealkylation sites (N-methyl/N-ethyl adjacent to an activating group) is 2. The molecule has 1 aliphatic heterocycles. The van der Waals surface area contributed by atoms with E-state index in [-0.39, 0.29) is 13.2 Å². The Labute approximate surface area is 127 Å². The first-order valence-corrected chi connectivity index (χ1v) is 7.54. The van der Waals surface area contributed by atoms with E-state index in [2.05, 4.69) is 16.8 Å². The van der Waals surface area contributed by atoms with Crippen molar-refractivity contribution in [1.29, 1.82) is 0 Å². The van der Waals surface area contributed by atoms with Crippen LogP contribution in [0.5, 0.6) is 0 Å². The summed E-state index contributed by atoms with van der Waals surface area (Å²) in [4.78, 5) is 4.39. The van der Waals surface area contributed by atoms with Crippen molar-refractivity contribution in [3.8, 4) is 0 Å². The number of ether oxygens (including phenoxy) is 3. The molecule has 0 radical (unpaired) electrons. The highest BCUT2D eigenvalue weighted by molar-refractivity contribution is 4.71. The number of rotatable bonds is 11. The van der Waals surface area contributed by atoms with Gasteiger partial charge >= 0.3 is 0 Å². The van der Waals surface area contributed by atoms with Gasteiger partial charge in [0.25, 0.3) is 0 Å². The highest BCUT2D eigenvalue weighted by Crippen LogP contribution is 2.04. The van der Waals surface area contributed by atoms with E-state index in [1.54, 1.807) is 0 Å². The van der Waals surface area contributed by atoms with Crippen molar-refractivity contribution in [2.75, 3.05) is 80.0 Å². The maximum absolute atomic E-state index is 9.12. The summed E-state index contributed by atoms with van der Waals surface area (Å²) in [7, 11) is 4.10. The minimum Gasteiger partial charge on any atom is -0.394 e. The predicted octanol–water partition coefficient (Wildman–Crippen LogP) is -1.36. The number of aliphatic hydroxyl groups is 2. The number of hydrogen-bond acceptors (Lipinski definition) is 7. The Morgan fingerprint density at radius 2 is 2.05 bits per heavy atom. The molecule has 1 heterocycles. The Bertz CT molecular complexity index is 258. The first-order valence-electron chi connectivity index (χ1n) is 7.54. The molecular formula is C14H30N2O5. The van der Waals surface area contributed by atoms with Gasteiger partial charge in [-0.05, 0) is 14.1 Å². The van der Waals surface area contributed by atoms with Crippen LogP contribution >= 0.6 is 0 Å². The first kappa shape index (κ1) is 18.8. The molecule has 126 valence electrons. The van der Waals surface area contributed by atoms with Crippen molar-refractivity contribution in [2.45, 2.75) is 12.1 Å².